The van der Waals surface area contributed by atoms with Crippen molar-refractivity contribution in [3.63, 3.8) is 0 Å². The van der Waals surface area contributed by atoms with E-state index in [2.05, 4.69) is 21.2 Å². The van der Waals surface area contributed by atoms with Crippen LogP contribution in [-0.4, -0.2) is 25.2 Å². The van der Waals surface area contributed by atoms with Crippen molar-refractivity contribution in [2.75, 3.05) is 7.11 Å². The monoisotopic (exact) mass is 301 g/mol. The summed E-state index contributed by atoms with van der Waals surface area (Å²) in [6.07, 6.45) is 1.79. The van der Waals surface area contributed by atoms with Crippen molar-refractivity contribution in [1.82, 2.24) is 5.32 Å². The third-order valence-electron chi connectivity index (χ3n) is 2.96. The maximum Gasteiger partial charge on any atom is 0.254 e. The van der Waals surface area contributed by atoms with E-state index in [0.29, 0.717) is 4.47 Å². The summed E-state index contributed by atoms with van der Waals surface area (Å²) >= 11 is 3.06. The Morgan fingerprint density at radius 1 is 1.53 bits per heavy atom. The molecule has 1 aliphatic carbocycles. The third kappa shape index (κ3) is 2.66. The van der Waals surface area contributed by atoms with Crippen molar-refractivity contribution >= 4 is 21.8 Å². The molecule has 1 aromatic carbocycles. The molecule has 0 bridgehead atoms. The molecule has 1 aliphatic rings. The van der Waals surface area contributed by atoms with Gasteiger partial charge in [0.25, 0.3) is 5.91 Å². The lowest BCUT2D eigenvalue weighted by Gasteiger charge is -2.34. The number of hydrogen-bond donors (Lipinski definition) is 1. The largest absolute Gasteiger partial charge is 0.381 e. The van der Waals surface area contributed by atoms with Crippen molar-refractivity contribution in [3.05, 3.63) is 34.1 Å². The van der Waals surface area contributed by atoms with Crippen molar-refractivity contribution < 1.29 is 13.9 Å². The van der Waals surface area contributed by atoms with E-state index in [1.54, 1.807) is 19.2 Å². The molecule has 0 unspecified atom stereocenters. The summed E-state index contributed by atoms with van der Waals surface area (Å²) in [6, 6.07) is 4.77. The fourth-order valence-electron chi connectivity index (χ4n) is 1.82. The lowest BCUT2D eigenvalue weighted by Crippen LogP contribution is -2.47. The Balaban J connectivity index is 1.99. The highest BCUT2D eigenvalue weighted by Gasteiger charge is 2.30. The Kier molecular flexibility index (Phi) is 3.79. The van der Waals surface area contributed by atoms with Gasteiger partial charge in [-0.25, -0.2) is 4.39 Å². The van der Waals surface area contributed by atoms with Crippen LogP contribution < -0.4 is 5.32 Å². The number of carbonyl (C=O) groups is 1. The number of halogens is 2. The summed E-state index contributed by atoms with van der Waals surface area (Å²) < 4.78 is 19.0. The maximum atomic E-state index is 13.6. The van der Waals surface area contributed by atoms with Gasteiger partial charge in [-0.05, 0) is 40.9 Å². The van der Waals surface area contributed by atoms with Gasteiger partial charge < -0.3 is 10.1 Å². The Bertz CT molecular complexity index is 433. The number of nitrogens with one attached hydrogen (secondary N) is 1. The molecule has 0 saturated heterocycles. The van der Waals surface area contributed by atoms with Crippen LogP contribution >= 0.6 is 15.9 Å². The van der Waals surface area contributed by atoms with Crippen molar-refractivity contribution in [2.24, 2.45) is 0 Å². The second-order valence-corrected chi connectivity index (χ2v) is 4.96. The van der Waals surface area contributed by atoms with Gasteiger partial charge in [-0.3, -0.25) is 4.79 Å². The number of benzene rings is 1. The van der Waals surface area contributed by atoms with Gasteiger partial charge in [0.15, 0.2) is 0 Å². The molecule has 92 valence electrons. The van der Waals surface area contributed by atoms with E-state index in [0.717, 1.165) is 12.8 Å². The maximum absolute atomic E-state index is 13.6. The molecule has 2 rings (SSSR count). The number of carbonyl (C=O) groups excluding carboxylic acids is 1. The number of amides is 1. The number of methoxy groups -OCH3 is 1. The van der Waals surface area contributed by atoms with Gasteiger partial charge in [-0.2, -0.15) is 0 Å². The Morgan fingerprint density at radius 3 is 2.88 bits per heavy atom. The van der Waals surface area contributed by atoms with Crippen LogP contribution in [0.1, 0.15) is 23.2 Å². The first-order valence-corrected chi connectivity index (χ1v) is 6.18. The minimum Gasteiger partial charge on any atom is -0.381 e. The van der Waals surface area contributed by atoms with E-state index >= 15 is 0 Å². The van der Waals surface area contributed by atoms with Gasteiger partial charge in [-0.1, -0.05) is 6.07 Å². The van der Waals surface area contributed by atoms with Crippen molar-refractivity contribution in [2.45, 2.75) is 25.0 Å². The molecule has 0 spiro atoms. The van der Waals surface area contributed by atoms with E-state index in [9.17, 15) is 9.18 Å². The lowest BCUT2D eigenvalue weighted by atomic mass is 9.89. The number of rotatable bonds is 3. The zero-order chi connectivity index (χ0) is 12.4. The highest BCUT2D eigenvalue weighted by Crippen LogP contribution is 2.24. The van der Waals surface area contributed by atoms with E-state index in [1.165, 1.54) is 6.07 Å². The molecular weight excluding hydrogens is 289 g/mol. The average Bonchev–Trinajstić information content (AvgIpc) is 2.26. The second-order valence-electron chi connectivity index (χ2n) is 4.10. The molecule has 1 amide bonds. The zero-order valence-electron chi connectivity index (χ0n) is 9.37. The van der Waals surface area contributed by atoms with Gasteiger partial charge in [0.2, 0.25) is 0 Å². The van der Waals surface area contributed by atoms with Crippen LogP contribution in [0.25, 0.3) is 0 Å². The highest BCUT2D eigenvalue weighted by atomic mass is 79.9. The minimum absolute atomic E-state index is 0.0697. The van der Waals surface area contributed by atoms with Crippen LogP contribution in [0.2, 0.25) is 0 Å². The summed E-state index contributed by atoms with van der Waals surface area (Å²) in [5.74, 6) is -0.893. The molecule has 1 fully saturated rings. The Morgan fingerprint density at radius 2 is 2.24 bits per heavy atom. The predicted molar refractivity (Wildman–Crippen MR) is 65.4 cm³/mol. The zero-order valence-corrected chi connectivity index (χ0v) is 11.0. The molecule has 5 heteroatoms. The van der Waals surface area contributed by atoms with Crippen LogP contribution in [0.3, 0.4) is 0 Å². The first-order chi connectivity index (χ1) is 8.11. The van der Waals surface area contributed by atoms with Crippen molar-refractivity contribution in [1.29, 1.82) is 0 Å². The molecule has 3 nitrogen and oxygen atoms in total. The standard InChI is InChI=1S/C12H13BrFNO2/c1-17-8-5-7(6-8)15-12(16)9-3-2-4-10(13)11(9)14/h2-4,7-8H,5-6H2,1H3,(H,15,16). The topological polar surface area (TPSA) is 38.3 Å². The van der Waals surface area contributed by atoms with Crippen LogP contribution in [0.4, 0.5) is 4.39 Å². The molecule has 1 N–H and O–H groups in total. The van der Waals surface area contributed by atoms with E-state index in [1.807, 2.05) is 0 Å². The summed E-state index contributed by atoms with van der Waals surface area (Å²) in [6.45, 7) is 0. The van der Waals surface area contributed by atoms with Crippen LogP contribution in [0.15, 0.2) is 22.7 Å². The van der Waals surface area contributed by atoms with E-state index < -0.39 is 5.82 Å². The van der Waals surface area contributed by atoms with Gasteiger partial charge in [0, 0.05) is 13.2 Å². The summed E-state index contributed by atoms with van der Waals surface area (Å²) in [5, 5.41) is 2.79. The van der Waals surface area contributed by atoms with Gasteiger partial charge >= 0.3 is 0 Å². The molecule has 1 aromatic rings. The fraction of sp³-hybridized carbons (Fsp3) is 0.417. The summed E-state index contributed by atoms with van der Waals surface area (Å²) in [4.78, 5) is 11.8. The number of hydrogen-bond acceptors (Lipinski definition) is 2. The predicted octanol–water partition coefficient (Wildman–Crippen LogP) is 2.50. The minimum atomic E-state index is -0.521. The van der Waals surface area contributed by atoms with E-state index in [-0.39, 0.29) is 23.6 Å². The molecule has 0 atom stereocenters. The second kappa shape index (κ2) is 5.14. The average molecular weight is 302 g/mol. The Hall–Kier alpha value is -0.940. The molecule has 0 aromatic heterocycles. The SMILES string of the molecule is COC1CC(NC(=O)c2cccc(Br)c2F)C1. The summed E-state index contributed by atoms with van der Waals surface area (Å²) in [7, 11) is 1.65. The molecule has 17 heavy (non-hydrogen) atoms. The smallest absolute Gasteiger partial charge is 0.254 e. The quantitative estimate of drug-likeness (QED) is 0.931. The Labute approximate surface area is 107 Å². The first kappa shape index (κ1) is 12.5. The van der Waals surface area contributed by atoms with Gasteiger partial charge in [0.05, 0.1) is 16.1 Å². The van der Waals surface area contributed by atoms with Crippen LogP contribution in [-0.2, 0) is 4.74 Å². The van der Waals surface area contributed by atoms with Gasteiger partial charge in [0.1, 0.15) is 5.82 Å². The fourth-order valence-corrected chi connectivity index (χ4v) is 2.18. The highest BCUT2D eigenvalue weighted by molar-refractivity contribution is 9.10. The lowest BCUT2D eigenvalue weighted by molar-refractivity contribution is 0.0175. The first-order valence-electron chi connectivity index (χ1n) is 5.39. The summed E-state index contributed by atoms with van der Waals surface area (Å²) in [5.41, 5.74) is 0.0697. The van der Waals surface area contributed by atoms with Crippen LogP contribution in [0, 0.1) is 5.82 Å². The third-order valence-corrected chi connectivity index (χ3v) is 3.57. The molecule has 0 radical (unpaired) electrons. The van der Waals surface area contributed by atoms with Crippen molar-refractivity contribution in [3.8, 4) is 0 Å². The molecule has 0 aliphatic heterocycles. The number of ether oxygens (including phenoxy) is 1. The van der Waals surface area contributed by atoms with E-state index in [4.69, 9.17) is 4.74 Å². The molecular formula is C12H13BrFNO2. The molecule has 0 heterocycles. The van der Waals surface area contributed by atoms with Crippen LogP contribution in [0.5, 0.6) is 0 Å². The molecule has 1 saturated carbocycles. The normalized spacial score (nSPS) is 23.0. The van der Waals surface area contributed by atoms with Gasteiger partial charge in [-0.15, -0.1) is 0 Å².